The monoisotopic (exact) mass is 552 g/mol. The summed E-state index contributed by atoms with van der Waals surface area (Å²) in [4.78, 5) is 15.7. The topological polar surface area (TPSA) is 134 Å². The first kappa shape index (κ1) is 27.9. The zero-order chi connectivity index (χ0) is 29.0. The molecule has 0 saturated heterocycles. The Bertz CT molecular complexity index is 1640. The lowest BCUT2D eigenvalue weighted by molar-refractivity contribution is -0.122. The third-order valence-corrected chi connectivity index (χ3v) is 7.62. The minimum atomic E-state index is -1.25. The molecule has 0 aliphatic carbocycles. The van der Waals surface area contributed by atoms with E-state index < -0.39 is 11.4 Å². The van der Waals surface area contributed by atoms with Crippen molar-refractivity contribution in [1.82, 2.24) is 19.7 Å². The number of para-hydroxylation sites is 1. The average molecular weight is 553 g/mol. The van der Waals surface area contributed by atoms with Gasteiger partial charge in [-0.2, -0.15) is 0 Å². The van der Waals surface area contributed by atoms with Crippen molar-refractivity contribution in [2.24, 2.45) is 11.5 Å². The predicted octanol–water partition coefficient (Wildman–Crippen LogP) is 4.33. The van der Waals surface area contributed by atoms with Crippen LogP contribution >= 0.6 is 0 Å². The Kier molecular flexibility index (Phi) is 8.07. The van der Waals surface area contributed by atoms with Crippen molar-refractivity contribution in [3.63, 3.8) is 0 Å². The summed E-state index contributed by atoms with van der Waals surface area (Å²) < 4.78 is 13.3. The van der Waals surface area contributed by atoms with E-state index in [2.05, 4.69) is 32.8 Å². The van der Waals surface area contributed by atoms with Crippen LogP contribution in [0.4, 0.5) is 0 Å². The van der Waals surface area contributed by atoms with Crippen LogP contribution in [-0.2, 0) is 24.2 Å². The second kappa shape index (κ2) is 11.9. The van der Waals surface area contributed by atoms with Gasteiger partial charge in [-0.25, -0.2) is 0 Å². The summed E-state index contributed by atoms with van der Waals surface area (Å²) in [5, 5.41) is 10.5. The van der Waals surface area contributed by atoms with Crippen molar-refractivity contribution in [3.8, 4) is 11.5 Å². The number of primary amides is 1. The van der Waals surface area contributed by atoms with E-state index in [4.69, 9.17) is 26.0 Å². The van der Waals surface area contributed by atoms with Crippen LogP contribution < -0.4 is 20.9 Å². The highest BCUT2D eigenvalue weighted by Crippen LogP contribution is 2.33. The molecule has 2 aromatic heterocycles. The van der Waals surface area contributed by atoms with Crippen LogP contribution in [0, 0.1) is 0 Å². The smallest absolute Gasteiger partial charge is 0.237 e. The van der Waals surface area contributed by atoms with E-state index in [-0.39, 0.29) is 5.92 Å². The number of H-pyrrole nitrogens is 1. The maximum absolute atomic E-state index is 12.4. The third kappa shape index (κ3) is 6.10. The van der Waals surface area contributed by atoms with Crippen molar-refractivity contribution in [3.05, 3.63) is 107 Å². The Morgan fingerprint density at radius 2 is 1.76 bits per heavy atom. The number of nitrogens with one attached hydrogen (secondary N) is 1. The van der Waals surface area contributed by atoms with Crippen LogP contribution in [0.5, 0.6) is 11.5 Å². The van der Waals surface area contributed by atoms with Gasteiger partial charge in [-0.3, -0.25) is 4.79 Å². The van der Waals surface area contributed by atoms with E-state index in [0.29, 0.717) is 37.3 Å². The minimum absolute atomic E-state index is 0.252. The van der Waals surface area contributed by atoms with E-state index in [1.54, 1.807) is 21.1 Å². The third-order valence-electron chi connectivity index (χ3n) is 7.62. The normalized spacial score (nSPS) is 13.6. The first-order valence-corrected chi connectivity index (χ1v) is 13.6. The van der Waals surface area contributed by atoms with Gasteiger partial charge in [0.25, 0.3) is 0 Å². The Labute approximate surface area is 239 Å². The number of carbonyl (C=O) groups excluding carboxylic acids is 1. The van der Waals surface area contributed by atoms with E-state index >= 15 is 0 Å². The standard InChI is InChI=1S/C32H36N6O3/c1-32(34,31(33)39)18-23(16-24-19-35-27-12-8-7-11-26(24)27)30-37-36-29(15-21-9-5-4-6-10-21)38(30)20-22-13-14-25(40-2)17-28(22)41-3/h4-14,17,19,23,35H,15-16,18,20,34H2,1-3H3,(H2,33,39)/t23?,32-/m0/s1. The fourth-order valence-electron chi connectivity index (χ4n) is 5.32. The highest BCUT2D eigenvalue weighted by Gasteiger charge is 2.34. The SMILES string of the molecule is COc1ccc(Cn2c(Cc3ccccc3)nnc2C(Cc2c[nH]c3ccccc23)C[C@](C)(N)C(N)=O)c(OC)c1. The number of ether oxygens (including phenoxy) is 2. The lowest BCUT2D eigenvalue weighted by atomic mass is 9.84. The molecule has 5 rings (SSSR count). The number of nitrogens with zero attached hydrogens (tertiary/aromatic N) is 3. The maximum Gasteiger partial charge on any atom is 0.237 e. The minimum Gasteiger partial charge on any atom is -0.497 e. The van der Waals surface area contributed by atoms with E-state index in [9.17, 15) is 4.79 Å². The molecule has 2 atom stereocenters. The largest absolute Gasteiger partial charge is 0.497 e. The molecule has 1 unspecified atom stereocenters. The quantitative estimate of drug-likeness (QED) is 0.211. The first-order valence-electron chi connectivity index (χ1n) is 13.6. The average Bonchev–Trinajstić information content (AvgIpc) is 3.57. The van der Waals surface area contributed by atoms with Gasteiger partial charge >= 0.3 is 0 Å². The summed E-state index contributed by atoms with van der Waals surface area (Å²) in [5.41, 5.74) is 15.2. The molecule has 3 aromatic carbocycles. The predicted molar refractivity (Wildman–Crippen MR) is 159 cm³/mol. The van der Waals surface area contributed by atoms with Gasteiger partial charge in [0.2, 0.25) is 5.91 Å². The number of benzene rings is 3. The molecule has 2 heterocycles. The number of aromatic nitrogens is 4. The first-order chi connectivity index (χ1) is 19.8. The number of fused-ring (bicyclic) bond motifs is 1. The maximum atomic E-state index is 12.4. The number of carbonyl (C=O) groups is 1. The Morgan fingerprint density at radius 3 is 2.49 bits per heavy atom. The summed E-state index contributed by atoms with van der Waals surface area (Å²) >= 11 is 0. The highest BCUT2D eigenvalue weighted by molar-refractivity contribution is 5.84. The summed E-state index contributed by atoms with van der Waals surface area (Å²) in [6.45, 7) is 2.13. The number of methoxy groups -OCH3 is 2. The lowest BCUT2D eigenvalue weighted by Crippen LogP contribution is -2.50. The van der Waals surface area contributed by atoms with E-state index in [1.807, 2.05) is 60.8 Å². The number of rotatable bonds is 12. The summed E-state index contributed by atoms with van der Waals surface area (Å²) in [5.74, 6) is 2.12. The van der Waals surface area contributed by atoms with Gasteiger partial charge in [0.1, 0.15) is 23.1 Å². The second-order valence-corrected chi connectivity index (χ2v) is 10.6. The van der Waals surface area contributed by atoms with Crippen molar-refractivity contribution in [2.75, 3.05) is 14.2 Å². The van der Waals surface area contributed by atoms with Gasteiger partial charge in [-0.1, -0.05) is 48.5 Å². The second-order valence-electron chi connectivity index (χ2n) is 10.6. The van der Waals surface area contributed by atoms with Crippen LogP contribution in [0.25, 0.3) is 10.9 Å². The molecular weight excluding hydrogens is 516 g/mol. The highest BCUT2D eigenvalue weighted by atomic mass is 16.5. The zero-order valence-electron chi connectivity index (χ0n) is 23.6. The Morgan fingerprint density at radius 1 is 1.00 bits per heavy atom. The van der Waals surface area contributed by atoms with Crippen LogP contribution in [0.15, 0.2) is 79.0 Å². The van der Waals surface area contributed by atoms with Gasteiger partial charge in [0.05, 0.1) is 26.3 Å². The van der Waals surface area contributed by atoms with Crippen LogP contribution in [0.3, 0.4) is 0 Å². The van der Waals surface area contributed by atoms with Crippen molar-refractivity contribution in [1.29, 1.82) is 0 Å². The van der Waals surface area contributed by atoms with E-state index in [0.717, 1.165) is 39.2 Å². The van der Waals surface area contributed by atoms with Crippen molar-refractivity contribution in [2.45, 2.75) is 44.2 Å². The number of aromatic amines is 1. The molecule has 0 radical (unpaired) electrons. The molecule has 9 nitrogen and oxygen atoms in total. The van der Waals surface area contributed by atoms with Crippen molar-refractivity contribution >= 4 is 16.8 Å². The molecule has 1 amide bonds. The molecule has 0 bridgehead atoms. The van der Waals surface area contributed by atoms with Gasteiger partial charge in [-0.05, 0) is 49.1 Å². The van der Waals surface area contributed by atoms with Gasteiger partial charge in [-0.15, -0.1) is 10.2 Å². The fraction of sp³-hybridized carbons (Fsp3) is 0.281. The molecular formula is C32H36N6O3. The fourth-order valence-corrected chi connectivity index (χ4v) is 5.32. The van der Waals surface area contributed by atoms with Gasteiger partial charge in [0.15, 0.2) is 0 Å². The summed E-state index contributed by atoms with van der Waals surface area (Å²) in [6.07, 6.45) is 3.48. The van der Waals surface area contributed by atoms with Gasteiger partial charge in [0, 0.05) is 41.1 Å². The zero-order valence-corrected chi connectivity index (χ0v) is 23.6. The molecule has 9 heteroatoms. The summed E-state index contributed by atoms with van der Waals surface area (Å²) in [6, 6.07) is 24.1. The molecule has 41 heavy (non-hydrogen) atoms. The number of hydrogen-bond acceptors (Lipinski definition) is 6. The number of nitrogens with two attached hydrogens (primary N) is 2. The van der Waals surface area contributed by atoms with Crippen LogP contribution in [0.1, 0.15) is 47.6 Å². The molecule has 0 aliphatic rings. The van der Waals surface area contributed by atoms with E-state index in [1.165, 1.54) is 0 Å². The number of amides is 1. The Hall–Kier alpha value is -4.63. The molecule has 0 saturated carbocycles. The molecule has 212 valence electrons. The Balaban J connectivity index is 1.61. The molecule has 5 aromatic rings. The van der Waals surface area contributed by atoms with Crippen LogP contribution in [0.2, 0.25) is 0 Å². The molecule has 0 spiro atoms. The lowest BCUT2D eigenvalue weighted by Gasteiger charge is -2.27. The van der Waals surface area contributed by atoms with Gasteiger partial charge < -0.3 is 30.5 Å². The molecule has 0 fully saturated rings. The van der Waals surface area contributed by atoms with Crippen LogP contribution in [-0.4, -0.2) is 45.4 Å². The number of hydrogen-bond donors (Lipinski definition) is 3. The summed E-state index contributed by atoms with van der Waals surface area (Å²) in [7, 11) is 3.27. The molecule has 5 N–H and O–H groups in total. The molecule has 0 aliphatic heterocycles. The van der Waals surface area contributed by atoms with Crippen molar-refractivity contribution < 1.29 is 14.3 Å².